The fraction of sp³-hybridized carbons (Fsp3) is 0.267. The first-order valence-electron chi connectivity index (χ1n) is 11.6. The Morgan fingerprint density at radius 3 is 1.06 bits per heavy atom. The highest BCUT2D eigenvalue weighted by atomic mass is 16.1. The van der Waals surface area contributed by atoms with Crippen molar-refractivity contribution < 1.29 is 4.79 Å². The van der Waals surface area contributed by atoms with Gasteiger partial charge in [-0.1, -0.05) is 114 Å². The molecule has 0 aliphatic carbocycles. The normalized spacial score (nSPS) is 11.9. The molecule has 4 nitrogen and oxygen atoms in total. The van der Waals surface area contributed by atoms with Crippen LogP contribution in [0.25, 0.3) is 34.2 Å². The van der Waals surface area contributed by atoms with E-state index < -0.39 is 0 Å². The second-order valence-electron chi connectivity index (χ2n) is 10.7. The molecule has 0 radical (unpaired) electrons. The van der Waals surface area contributed by atoms with Crippen molar-refractivity contribution in [3.05, 3.63) is 89.5 Å². The van der Waals surface area contributed by atoms with Crippen LogP contribution >= 0.6 is 0 Å². The molecule has 0 saturated carbocycles. The lowest BCUT2D eigenvalue weighted by atomic mass is 9.86. The van der Waals surface area contributed by atoms with Gasteiger partial charge in [-0.2, -0.15) is 0 Å². The molecule has 172 valence electrons. The summed E-state index contributed by atoms with van der Waals surface area (Å²) in [6.07, 6.45) is 0.835. The van der Waals surface area contributed by atoms with Crippen LogP contribution in [0.2, 0.25) is 0 Å². The van der Waals surface area contributed by atoms with Gasteiger partial charge in [0.1, 0.15) is 6.29 Å². The molecule has 0 atom stereocenters. The maximum absolute atomic E-state index is 11.1. The zero-order valence-corrected chi connectivity index (χ0v) is 20.8. The summed E-state index contributed by atoms with van der Waals surface area (Å²) in [7, 11) is 0. The van der Waals surface area contributed by atoms with Gasteiger partial charge in [0.15, 0.2) is 17.5 Å². The van der Waals surface area contributed by atoms with Crippen LogP contribution < -0.4 is 0 Å². The first-order chi connectivity index (χ1) is 16.0. The van der Waals surface area contributed by atoms with E-state index in [2.05, 4.69) is 90.1 Å². The molecule has 0 bridgehead atoms. The molecule has 4 rings (SSSR count). The molecule has 1 heterocycles. The highest BCUT2D eigenvalue weighted by Crippen LogP contribution is 2.29. The minimum absolute atomic E-state index is 0.0725. The van der Waals surface area contributed by atoms with Crippen LogP contribution in [-0.4, -0.2) is 21.2 Å². The number of hydrogen-bond donors (Lipinski definition) is 0. The number of hydrogen-bond acceptors (Lipinski definition) is 4. The van der Waals surface area contributed by atoms with Crippen LogP contribution in [0.1, 0.15) is 63.0 Å². The van der Waals surface area contributed by atoms with Gasteiger partial charge in [-0.15, -0.1) is 0 Å². The van der Waals surface area contributed by atoms with Crippen molar-refractivity contribution in [2.75, 3.05) is 0 Å². The zero-order valence-electron chi connectivity index (χ0n) is 20.8. The summed E-state index contributed by atoms with van der Waals surface area (Å²) in [6, 6.07) is 24.1. The topological polar surface area (TPSA) is 55.7 Å². The number of aromatic nitrogens is 3. The average Bonchev–Trinajstić information content (AvgIpc) is 2.83. The van der Waals surface area contributed by atoms with Crippen molar-refractivity contribution in [2.24, 2.45) is 0 Å². The first-order valence-corrected chi connectivity index (χ1v) is 11.6. The Morgan fingerprint density at radius 2 is 0.794 bits per heavy atom. The van der Waals surface area contributed by atoms with E-state index in [0.29, 0.717) is 23.0 Å². The van der Waals surface area contributed by atoms with E-state index in [1.54, 1.807) is 12.1 Å². The third-order valence-corrected chi connectivity index (χ3v) is 5.96. The van der Waals surface area contributed by atoms with Crippen LogP contribution in [0.4, 0.5) is 0 Å². The van der Waals surface area contributed by atoms with Crippen LogP contribution in [0.5, 0.6) is 0 Å². The third kappa shape index (κ3) is 5.12. The molecule has 0 saturated heterocycles. The van der Waals surface area contributed by atoms with E-state index in [1.807, 2.05) is 12.1 Å². The Labute approximate surface area is 202 Å². The lowest BCUT2D eigenvalue weighted by Crippen LogP contribution is -2.10. The van der Waals surface area contributed by atoms with Crippen molar-refractivity contribution >= 4 is 6.29 Å². The fourth-order valence-corrected chi connectivity index (χ4v) is 3.71. The molecule has 3 aromatic carbocycles. The van der Waals surface area contributed by atoms with Crippen molar-refractivity contribution in [3.8, 4) is 34.2 Å². The van der Waals surface area contributed by atoms with Gasteiger partial charge in [0.05, 0.1) is 0 Å². The van der Waals surface area contributed by atoms with Gasteiger partial charge in [0, 0.05) is 22.3 Å². The summed E-state index contributed by atoms with van der Waals surface area (Å²) < 4.78 is 0. The van der Waals surface area contributed by atoms with Gasteiger partial charge in [-0.05, 0) is 22.0 Å². The Hall–Kier alpha value is -3.66. The van der Waals surface area contributed by atoms with Gasteiger partial charge in [0.25, 0.3) is 0 Å². The Bertz CT molecular complexity index is 1220. The van der Waals surface area contributed by atoms with Gasteiger partial charge < -0.3 is 0 Å². The molecule has 4 aromatic rings. The molecule has 0 unspecified atom stereocenters. The van der Waals surface area contributed by atoms with E-state index in [9.17, 15) is 4.79 Å². The zero-order chi connectivity index (χ0) is 24.5. The van der Waals surface area contributed by atoms with E-state index in [4.69, 9.17) is 15.0 Å². The van der Waals surface area contributed by atoms with Crippen LogP contribution in [0.15, 0.2) is 72.8 Å². The molecular weight excluding hydrogens is 418 g/mol. The van der Waals surface area contributed by atoms with E-state index in [0.717, 1.165) is 23.0 Å². The molecule has 34 heavy (non-hydrogen) atoms. The number of aldehydes is 1. The molecule has 4 heteroatoms. The standard InChI is InChI=1S/C30H31N3O/c1-29(2,3)24-15-11-22(12-16-24)27-31-26(21-9-7-20(19-34)8-10-21)32-28(33-27)23-13-17-25(18-14-23)30(4,5)6/h7-19H,1-6H3. The third-order valence-electron chi connectivity index (χ3n) is 5.96. The van der Waals surface area contributed by atoms with Crippen molar-refractivity contribution in [3.63, 3.8) is 0 Å². The van der Waals surface area contributed by atoms with Gasteiger partial charge in [-0.3, -0.25) is 4.79 Å². The lowest BCUT2D eigenvalue weighted by molar-refractivity contribution is 0.112. The van der Waals surface area contributed by atoms with Crippen molar-refractivity contribution in [1.29, 1.82) is 0 Å². The SMILES string of the molecule is CC(C)(C)c1ccc(-c2nc(-c3ccc(C=O)cc3)nc(-c3ccc(C(C)(C)C)cc3)n2)cc1. The van der Waals surface area contributed by atoms with Crippen LogP contribution in [0.3, 0.4) is 0 Å². The summed E-state index contributed by atoms with van der Waals surface area (Å²) >= 11 is 0. The second kappa shape index (κ2) is 8.94. The highest BCUT2D eigenvalue weighted by Gasteiger charge is 2.17. The predicted molar refractivity (Wildman–Crippen MR) is 139 cm³/mol. The number of nitrogens with zero attached hydrogens (tertiary/aromatic N) is 3. The smallest absolute Gasteiger partial charge is 0.164 e. The molecular formula is C30H31N3O. The minimum Gasteiger partial charge on any atom is -0.298 e. The number of carbonyl (C=O) groups excluding carboxylic acids is 1. The molecule has 0 fully saturated rings. The van der Waals surface area contributed by atoms with Gasteiger partial charge in [0.2, 0.25) is 0 Å². The monoisotopic (exact) mass is 449 g/mol. The molecule has 0 spiro atoms. The van der Waals surface area contributed by atoms with Crippen LogP contribution in [-0.2, 0) is 10.8 Å². The molecule has 0 aliphatic heterocycles. The van der Waals surface area contributed by atoms with Crippen molar-refractivity contribution in [1.82, 2.24) is 15.0 Å². The number of carbonyl (C=O) groups is 1. The minimum atomic E-state index is 0.0725. The molecule has 0 N–H and O–H groups in total. The largest absolute Gasteiger partial charge is 0.298 e. The summed E-state index contributed by atoms with van der Waals surface area (Å²) in [5.74, 6) is 1.83. The van der Waals surface area contributed by atoms with E-state index in [1.165, 1.54) is 11.1 Å². The predicted octanol–water partition coefficient (Wildman–Crippen LogP) is 7.28. The summed E-state index contributed by atoms with van der Waals surface area (Å²) in [5.41, 5.74) is 6.00. The molecule has 0 aliphatic rings. The Morgan fingerprint density at radius 1 is 0.500 bits per heavy atom. The van der Waals surface area contributed by atoms with Crippen molar-refractivity contribution in [2.45, 2.75) is 52.4 Å². The maximum Gasteiger partial charge on any atom is 0.164 e. The Kier molecular flexibility index (Phi) is 6.18. The highest BCUT2D eigenvalue weighted by molar-refractivity contribution is 5.76. The summed E-state index contributed by atoms with van der Waals surface area (Å²) in [4.78, 5) is 25.5. The summed E-state index contributed by atoms with van der Waals surface area (Å²) in [5, 5.41) is 0. The van der Waals surface area contributed by atoms with Gasteiger partial charge in [-0.25, -0.2) is 15.0 Å². The number of rotatable bonds is 4. The van der Waals surface area contributed by atoms with Gasteiger partial charge >= 0.3 is 0 Å². The van der Waals surface area contributed by atoms with E-state index in [-0.39, 0.29) is 10.8 Å². The average molecular weight is 450 g/mol. The molecule has 0 amide bonds. The number of benzene rings is 3. The fourth-order valence-electron chi connectivity index (χ4n) is 3.71. The quantitative estimate of drug-likeness (QED) is 0.307. The lowest BCUT2D eigenvalue weighted by Gasteiger charge is -2.19. The maximum atomic E-state index is 11.1. The van der Waals surface area contributed by atoms with E-state index >= 15 is 0 Å². The second-order valence-corrected chi connectivity index (χ2v) is 10.7. The Balaban J connectivity index is 1.83. The summed E-state index contributed by atoms with van der Waals surface area (Å²) in [6.45, 7) is 13.2. The molecule has 1 aromatic heterocycles. The van der Waals surface area contributed by atoms with Crippen LogP contribution in [0, 0.1) is 0 Å². The first kappa shape index (κ1) is 23.5.